The third-order valence-electron chi connectivity index (χ3n) is 3.74. The maximum absolute atomic E-state index is 12.4. The maximum Gasteiger partial charge on any atom is 0.306 e. The number of carboxylic acid groups (broad SMARTS) is 1. The van der Waals surface area contributed by atoms with Crippen molar-refractivity contribution < 1.29 is 19.4 Å². The standard InChI is InChI=1S/C16H21ClN2O4/c1-10(2)9-23-14-13(17)7-12(8-18-14)15(20)19-5-3-11(4-6-19)16(21)22/h7-8,10-11H,3-6,9H2,1-2H3,(H,21,22). The van der Waals surface area contributed by atoms with Crippen molar-refractivity contribution in [2.45, 2.75) is 26.7 Å². The van der Waals surface area contributed by atoms with Crippen molar-refractivity contribution in [1.82, 2.24) is 9.88 Å². The van der Waals surface area contributed by atoms with E-state index in [0.717, 1.165) is 0 Å². The molecule has 0 unspecified atom stereocenters. The number of aromatic nitrogens is 1. The molecule has 23 heavy (non-hydrogen) atoms. The molecule has 0 saturated carbocycles. The number of piperidine rings is 1. The fraction of sp³-hybridized carbons (Fsp3) is 0.562. The zero-order valence-electron chi connectivity index (χ0n) is 13.3. The lowest BCUT2D eigenvalue weighted by Gasteiger charge is -2.30. The minimum Gasteiger partial charge on any atom is -0.481 e. The minimum absolute atomic E-state index is 0.182. The third-order valence-corrected chi connectivity index (χ3v) is 4.01. The smallest absolute Gasteiger partial charge is 0.306 e. The van der Waals surface area contributed by atoms with Gasteiger partial charge >= 0.3 is 5.97 Å². The second-order valence-corrected chi connectivity index (χ2v) is 6.53. The summed E-state index contributed by atoms with van der Waals surface area (Å²) >= 11 is 6.12. The van der Waals surface area contributed by atoms with E-state index in [9.17, 15) is 9.59 Å². The van der Waals surface area contributed by atoms with Gasteiger partial charge in [0.1, 0.15) is 5.02 Å². The summed E-state index contributed by atoms with van der Waals surface area (Å²) < 4.78 is 5.49. The highest BCUT2D eigenvalue weighted by molar-refractivity contribution is 6.32. The molecule has 0 aromatic carbocycles. The van der Waals surface area contributed by atoms with E-state index in [4.69, 9.17) is 21.4 Å². The van der Waals surface area contributed by atoms with Crippen LogP contribution in [-0.2, 0) is 4.79 Å². The minimum atomic E-state index is -0.798. The first kappa shape index (κ1) is 17.5. The van der Waals surface area contributed by atoms with Gasteiger partial charge in [0.2, 0.25) is 5.88 Å². The molecule has 1 aliphatic rings. The molecular formula is C16H21ClN2O4. The molecule has 1 aromatic rings. The summed E-state index contributed by atoms with van der Waals surface area (Å²) in [4.78, 5) is 29.1. The van der Waals surface area contributed by atoms with Crippen LogP contribution in [0, 0.1) is 11.8 Å². The second kappa shape index (κ2) is 7.64. The van der Waals surface area contributed by atoms with Gasteiger partial charge in [-0.25, -0.2) is 4.98 Å². The molecule has 1 N–H and O–H groups in total. The predicted octanol–water partition coefficient (Wildman–Crippen LogP) is 2.71. The van der Waals surface area contributed by atoms with Gasteiger partial charge in [0.05, 0.1) is 18.1 Å². The molecule has 0 radical (unpaired) electrons. The summed E-state index contributed by atoms with van der Waals surface area (Å²) in [6.07, 6.45) is 2.39. The highest BCUT2D eigenvalue weighted by Crippen LogP contribution is 2.25. The van der Waals surface area contributed by atoms with E-state index in [2.05, 4.69) is 4.98 Å². The topological polar surface area (TPSA) is 79.7 Å². The molecule has 0 atom stereocenters. The van der Waals surface area contributed by atoms with Crippen molar-refractivity contribution in [2.24, 2.45) is 11.8 Å². The van der Waals surface area contributed by atoms with Crippen LogP contribution >= 0.6 is 11.6 Å². The number of nitrogens with zero attached hydrogens (tertiary/aromatic N) is 2. The van der Waals surface area contributed by atoms with Gasteiger partial charge in [-0.05, 0) is 24.8 Å². The van der Waals surface area contributed by atoms with E-state index in [0.29, 0.717) is 54.9 Å². The highest BCUT2D eigenvalue weighted by Gasteiger charge is 2.27. The van der Waals surface area contributed by atoms with Crippen molar-refractivity contribution >= 4 is 23.5 Å². The average molecular weight is 341 g/mol. The van der Waals surface area contributed by atoms with Crippen LogP contribution in [0.5, 0.6) is 5.88 Å². The Labute approximate surface area is 140 Å². The Morgan fingerprint density at radius 3 is 2.61 bits per heavy atom. The molecule has 126 valence electrons. The maximum atomic E-state index is 12.4. The number of rotatable bonds is 5. The van der Waals surface area contributed by atoms with Crippen molar-refractivity contribution in [3.63, 3.8) is 0 Å². The van der Waals surface area contributed by atoms with Crippen LogP contribution in [0.1, 0.15) is 37.0 Å². The quantitative estimate of drug-likeness (QED) is 0.891. The predicted molar refractivity (Wildman–Crippen MR) is 85.8 cm³/mol. The number of hydrogen-bond acceptors (Lipinski definition) is 4. The van der Waals surface area contributed by atoms with Crippen LogP contribution in [0.25, 0.3) is 0 Å². The molecule has 0 bridgehead atoms. The van der Waals surface area contributed by atoms with Crippen molar-refractivity contribution in [2.75, 3.05) is 19.7 Å². The van der Waals surface area contributed by atoms with Gasteiger partial charge in [0.25, 0.3) is 5.91 Å². The Hall–Kier alpha value is -1.82. The second-order valence-electron chi connectivity index (χ2n) is 6.12. The summed E-state index contributed by atoms with van der Waals surface area (Å²) in [5.41, 5.74) is 0.390. The summed E-state index contributed by atoms with van der Waals surface area (Å²) in [5.74, 6) is -0.675. The lowest BCUT2D eigenvalue weighted by Crippen LogP contribution is -2.40. The van der Waals surface area contributed by atoms with Crippen LogP contribution in [0.15, 0.2) is 12.3 Å². The molecule has 1 amide bonds. The fourth-order valence-electron chi connectivity index (χ4n) is 2.41. The van der Waals surface area contributed by atoms with E-state index >= 15 is 0 Å². The van der Waals surface area contributed by atoms with Gasteiger partial charge in [-0.15, -0.1) is 0 Å². The average Bonchev–Trinajstić information content (AvgIpc) is 2.53. The van der Waals surface area contributed by atoms with Gasteiger partial charge in [0.15, 0.2) is 0 Å². The molecule has 1 aromatic heterocycles. The van der Waals surface area contributed by atoms with Gasteiger partial charge in [0, 0.05) is 19.3 Å². The lowest BCUT2D eigenvalue weighted by atomic mass is 9.97. The number of carbonyl (C=O) groups is 2. The number of pyridine rings is 1. The van der Waals surface area contributed by atoms with Crippen LogP contribution in [-0.4, -0.2) is 46.6 Å². The van der Waals surface area contributed by atoms with Crippen LogP contribution < -0.4 is 4.74 Å². The SMILES string of the molecule is CC(C)COc1ncc(C(=O)N2CCC(C(=O)O)CC2)cc1Cl. The van der Waals surface area contributed by atoms with Crippen molar-refractivity contribution in [1.29, 1.82) is 0 Å². The normalized spacial score (nSPS) is 15.7. The number of aliphatic carboxylic acids is 1. The van der Waals surface area contributed by atoms with E-state index < -0.39 is 5.97 Å². The molecule has 0 aliphatic carbocycles. The zero-order chi connectivity index (χ0) is 17.0. The van der Waals surface area contributed by atoms with E-state index in [1.54, 1.807) is 11.0 Å². The first-order chi connectivity index (χ1) is 10.9. The summed E-state index contributed by atoms with van der Waals surface area (Å²) in [5, 5.41) is 9.29. The zero-order valence-corrected chi connectivity index (χ0v) is 14.0. The van der Waals surface area contributed by atoms with E-state index in [1.807, 2.05) is 13.8 Å². The van der Waals surface area contributed by atoms with E-state index in [1.165, 1.54) is 6.20 Å². The molecule has 1 fully saturated rings. The molecule has 1 saturated heterocycles. The summed E-state index contributed by atoms with van der Waals surface area (Å²) in [6, 6.07) is 1.55. The monoisotopic (exact) mass is 340 g/mol. The van der Waals surface area contributed by atoms with E-state index in [-0.39, 0.29) is 11.8 Å². The van der Waals surface area contributed by atoms with Crippen molar-refractivity contribution in [3.05, 3.63) is 22.8 Å². The Bertz CT molecular complexity index is 583. The number of carbonyl (C=O) groups excluding carboxylic acids is 1. The van der Waals surface area contributed by atoms with Crippen LogP contribution in [0.2, 0.25) is 5.02 Å². The lowest BCUT2D eigenvalue weighted by molar-refractivity contribution is -0.143. The van der Waals surface area contributed by atoms with Gasteiger partial charge in [-0.3, -0.25) is 9.59 Å². The van der Waals surface area contributed by atoms with Gasteiger partial charge in [-0.2, -0.15) is 0 Å². The first-order valence-corrected chi connectivity index (χ1v) is 8.06. The Kier molecular flexibility index (Phi) is 5.82. The van der Waals surface area contributed by atoms with Crippen LogP contribution in [0.4, 0.5) is 0 Å². The number of carboxylic acids is 1. The summed E-state index contributed by atoms with van der Waals surface area (Å²) in [7, 11) is 0. The van der Waals surface area contributed by atoms with Gasteiger partial charge in [-0.1, -0.05) is 25.4 Å². The number of amides is 1. The number of halogens is 1. The molecule has 0 spiro atoms. The molecule has 2 heterocycles. The van der Waals surface area contributed by atoms with Crippen molar-refractivity contribution in [3.8, 4) is 5.88 Å². The Balaban J connectivity index is 2.00. The first-order valence-electron chi connectivity index (χ1n) is 7.69. The number of likely N-dealkylation sites (tertiary alicyclic amines) is 1. The molecular weight excluding hydrogens is 320 g/mol. The molecule has 2 rings (SSSR count). The number of hydrogen-bond donors (Lipinski definition) is 1. The third kappa shape index (κ3) is 4.58. The highest BCUT2D eigenvalue weighted by atomic mass is 35.5. The molecule has 7 heteroatoms. The summed E-state index contributed by atoms with van der Waals surface area (Å²) in [6.45, 7) is 5.40. The Morgan fingerprint density at radius 1 is 1.43 bits per heavy atom. The fourth-order valence-corrected chi connectivity index (χ4v) is 2.63. The van der Waals surface area contributed by atoms with Gasteiger partial charge < -0.3 is 14.7 Å². The molecule has 1 aliphatic heterocycles. The Morgan fingerprint density at radius 2 is 2.09 bits per heavy atom. The molecule has 6 nitrogen and oxygen atoms in total. The number of ether oxygens (including phenoxy) is 1. The largest absolute Gasteiger partial charge is 0.481 e. The van der Waals surface area contributed by atoms with Crippen LogP contribution in [0.3, 0.4) is 0 Å².